The normalized spacial score (nSPS) is 12.2. The van der Waals surface area contributed by atoms with Gasteiger partial charge in [-0.2, -0.15) is 0 Å². The van der Waals surface area contributed by atoms with E-state index in [2.05, 4.69) is 6.92 Å². The summed E-state index contributed by atoms with van der Waals surface area (Å²) in [7, 11) is 0. The molecule has 88 valence electrons. The van der Waals surface area contributed by atoms with Gasteiger partial charge in [-0.15, -0.1) is 0 Å². The highest BCUT2D eigenvalue weighted by Crippen LogP contribution is 2.08. The van der Waals surface area contributed by atoms with Crippen molar-refractivity contribution in [1.29, 1.82) is 0 Å². The smallest absolute Gasteiger partial charge is 0.316 e. The number of carbonyl (C=O) groups is 2. The Kier molecular flexibility index (Phi) is 7.96. The van der Waals surface area contributed by atoms with Crippen molar-refractivity contribution in [3.05, 3.63) is 0 Å². The van der Waals surface area contributed by atoms with E-state index in [1.165, 1.54) is 0 Å². The highest BCUT2D eigenvalue weighted by molar-refractivity contribution is 5.86. The van der Waals surface area contributed by atoms with E-state index in [9.17, 15) is 9.59 Å². The summed E-state index contributed by atoms with van der Waals surface area (Å²) in [5.41, 5.74) is 0. The summed E-state index contributed by atoms with van der Waals surface area (Å²) in [5.74, 6) is -0.917. The summed E-state index contributed by atoms with van der Waals surface area (Å²) in [4.78, 5) is 22.5. The van der Waals surface area contributed by atoms with Crippen LogP contribution in [0.1, 0.15) is 59.3 Å². The summed E-state index contributed by atoms with van der Waals surface area (Å²) in [6.07, 6.45) is 4.95. The van der Waals surface area contributed by atoms with Crippen LogP contribution < -0.4 is 0 Å². The zero-order chi connectivity index (χ0) is 11.7. The summed E-state index contributed by atoms with van der Waals surface area (Å²) < 4.78 is 4.73. The molecule has 0 heterocycles. The topological polar surface area (TPSA) is 43.4 Å². The largest absolute Gasteiger partial charge is 0.393 e. The third-order valence-corrected chi connectivity index (χ3v) is 2.32. The van der Waals surface area contributed by atoms with E-state index in [-0.39, 0.29) is 17.9 Å². The van der Waals surface area contributed by atoms with Crippen LogP contribution in [0.2, 0.25) is 0 Å². The molecule has 0 saturated heterocycles. The van der Waals surface area contributed by atoms with Gasteiger partial charge in [-0.1, -0.05) is 40.0 Å². The van der Waals surface area contributed by atoms with Gasteiger partial charge in [-0.05, 0) is 12.8 Å². The van der Waals surface area contributed by atoms with Crippen molar-refractivity contribution in [3.63, 3.8) is 0 Å². The van der Waals surface area contributed by atoms with Gasteiger partial charge >= 0.3 is 11.9 Å². The zero-order valence-corrected chi connectivity index (χ0v) is 10.0. The zero-order valence-electron chi connectivity index (χ0n) is 10.0. The Labute approximate surface area is 92.2 Å². The molecule has 0 amide bonds. The molecule has 3 heteroatoms. The maximum atomic E-state index is 11.3. The van der Waals surface area contributed by atoms with E-state index in [0.717, 1.165) is 32.1 Å². The first-order chi connectivity index (χ1) is 7.11. The monoisotopic (exact) mass is 214 g/mol. The lowest BCUT2D eigenvalue weighted by atomic mass is 10.1. The van der Waals surface area contributed by atoms with Crippen LogP contribution in [0.4, 0.5) is 0 Å². The number of unbranched alkanes of at least 4 members (excludes halogenated alkanes) is 2. The maximum absolute atomic E-state index is 11.3. The van der Waals surface area contributed by atoms with Crippen LogP contribution in [-0.4, -0.2) is 11.9 Å². The number of hydrogen-bond acceptors (Lipinski definition) is 3. The predicted molar refractivity (Wildman–Crippen MR) is 59.3 cm³/mol. The molecule has 0 aliphatic heterocycles. The van der Waals surface area contributed by atoms with Gasteiger partial charge in [-0.25, -0.2) is 0 Å². The SMILES string of the molecule is CCCCCC(=O)OC(=O)C(C)CCC. The van der Waals surface area contributed by atoms with Crippen molar-refractivity contribution in [2.75, 3.05) is 0 Å². The molecule has 1 unspecified atom stereocenters. The molecule has 0 aliphatic carbocycles. The van der Waals surface area contributed by atoms with E-state index >= 15 is 0 Å². The molecule has 1 atom stereocenters. The lowest BCUT2D eigenvalue weighted by Gasteiger charge is -2.08. The molecular weight excluding hydrogens is 192 g/mol. The molecule has 0 aromatic heterocycles. The highest BCUT2D eigenvalue weighted by Gasteiger charge is 2.16. The first-order valence-electron chi connectivity index (χ1n) is 5.86. The molecule has 0 saturated carbocycles. The number of esters is 2. The quantitative estimate of drug-likeness (QED) is 0.371. The van der Waals surface area contributed by atoms with Gasteiger partial charge in [0.05, 0.1) is 5.92 Å². The van der Waals surface area contributed by atoms with E-state index in [4.69, 9.17) is 4.74 Å². The second-order valence-electron chi connectivity index (χ2n) is 3.94. The van der Waals surface area contributed by atoms with Crippen molar-refractivity contribution in [2.45, 2.75) is 59.3 Å². The second kappa shape index (κ2) is 8.45. The van der Waals surface area contributed by atoms with Crippen molar-refractivity contribution in [1.82, 2.24) is 0 Å². The Morgan fingerprint density at radius 1 is 1.13 bits per heavy atom. The summed E-state index contributed by atoms with van der Waals surface area (Å²) >= 11 is 0. The van der Waals surface area contributed by atoms with E-state index in [1.54, 1.807) is 6.92 Å². The maximum Gasteiger partial charge on any atom is 0.316 e. The van der Waals surface area contributed by atoms with Crippen LogP contribution in [0.15, 0.2) is 0 Å². The molecule has 0 aliphatic rings. The van der Waals surface area contributed by atoms with Crippen molar-refractivity contribution in [3.8, 4) is 0 Å². The second-order valence-corrected chi connectivity index (χ2v) is 3.94. The van der Waals surface area contributed by atoms with Crippen molar-refractivity contribution in [2.24, 2.45) is 5.92 Å². The standard InChI is InChI=1S/C12H22O3/c1-4-6-7-9-11(13)15-12(14)10(3)8-5-2/h10H,4-9H2,1-3H3. The van der Waals surface area contributed by atoms with E-state index in [1.807, 2.05) is 6.92 Å². The van der Waals surface area contributed by atoms with Crippen LogP contribution in [0.5, 0.6) is 0 Å². The number of ether oxygens (including phenoxy) is 1. The van der Waals surface area contributed by atoms with Crippen LogP contribution in [-0.2, 0) is 14.3 Å². The third kappa shape index (κ3) is 7.11. The van der Waals surface area contributed by atoms with Crippen LogP contribution in [0, 0.1) is 5.92 Å². The van der Waals surface area contributed by atoms with Gasteiger partial charge in [-0.3, -0.25) is 9.59 Å². The minimum atomic E-state index is -0.378. The van der Waals surface area contributed by atoms with Gasteiger partial charge in [0.15, 0.2) is 0 Å². The Bertz CT molecular complexity index is 199. The molecule has 0 aromatic rings. The average molecular weight is 214 g/mol. The Morgan fingerprint density at radius 2 is 1.80 bits per heavy atom. The van der Waals surface area contributed by atoms with Crippen LogP contribution >= 0.6 is 0 Å². The summed E-state index contributed by atoms with van der Waals surface area (Å²) in [6, 6.07) is 0. The van der Waals surface area contributed by atoms with Gasteiger partial charge in [0.2, 0.25) is 0 Å². The first-order valence-corrected chi connectivity index (χ1v) is 5.86. The number of rotatable bonds is 7. The van der Waals surface area contributed by atoms with Crippen LogP contribution in [0.25, 0.3) is 0 Å². The number of hydrogen-bond donors (Lipinski definition) is 0. The fraction of sp³-hybridized carbons (Fsp3) is 0.833. The molecule has 0 aromatic carbocycles. The molecule has 15 heavy (non-hydrogen) atoms. The van der Waals surface area contributed by atoms with Gasteiger partial charge in [0.1, 0.15) is 0 Å². The third-order valence-electron chi connectivity index (χ3n) is 2.32. The summed E-state index contributed by atoms with van der Waals surface area (Å²) in [5, 5.41) is 0. The van der Waals surface area contributed by atoms with Crippen LogP contribution in [0.3, 0.4) is 0 Å². The minimum absolute atomic E-state index is 0.162. The van der Waals surface area contributed by atoms with Gasteiger partial charge in [0.25, 0.3) is 0 Å². The number of carbonyl (C=O) groups excluding carboxylic acids is 2. The molecule has 0 rings (SSSR count). The highest BCUT2D eigenvalue weighted by atomic mass is 16.6. The Balaban J connectivity index is 3.70. The minimum Gasteiger partial charge on any atom is -0.393 e. The predicted octanol–water partition coefficient (Wildman–Crippen LogP) is 3.07. The average Bonchev–Trinajstić information content (AvgIpc) is 2.18. The van der Waals surface area contributed by atoms with E-state index < -0.39 is 0 Å². The molecule has 0 N–H and O–H groups in total. The Morgan fingerprint density at radius 3 is 2.33 bits per heavy atom. The van der Waals surface area contributed by atoms with Crippen molar-refractivity contribution >= 4 is 11.9 Å². The molecule has 0 fully saturated rings. The lowest BCUT2D eigenvalue weighted by molar-refractivity contribution is -0.162. The van der Waals surface area contributed by atoms with Gasteiger partial charge in [0, 0.05) is 6.42 Å². The van der Waals surface area contributed by atoms with Crippen molar-refractivity contribution < 1.29 is 14.3 Å². The first kappa shape index (κ1) is 14.1. The van der Waals surface area contributed by atoms with Gasteiger partial charge < -0.3 is 4.74 Å². The Hall–Kier alpha value is -0.860. The van der Waals surface area contributed by atoms with E-state index in [0.29, 0.717) is 6.42 Å². The fourth-order valence-corrected chi connectivity index (χ4v) is 1.33. The molecule has 0 radical (unpaired) electrons. The molecule has 3 nitrogen and oxygen atoms in total. The lowest BCUT2D eigenvalue weighted by Crippen LogP contribution is -2.18. The molecular formula is C12H22O3. The molecule has 0 spiro atoms. The molecule has 0 bridgehead atoms. The summed E-state index contributed by atoms with van der Waals surface area (Å²) in [6.45, 7) is 5.87. The fourth-order valence-electron chi connectivity index (χ4n) is 1.33.